The van der Waals surface area contributed by atoms with Gasteiger partial charge in [0.2, 0.25) is 0 Å². The third-order valence-electron chi connectivity index (χ3n) is 3.01. The van der Waals surface area contributed by atoms with Crippen molar-refractivity contribution in [3.05, 3.63) is 41.5 Å². The van der Waals surface area contributed by atoms with Crippen LogP contribution < -0.4 is 10.8 Å². The summed E-state index contributed by atoms with van der Waals surface area (Å²) in [5.41, 5.74) is 1.62. The zero-order valence-electron chi connectivity index (χ0n) is 11.3. The Morgan fingerprint density at radius 3 is 2.48 bits per heavy atom. The SMILES string of the molecule is [B][B]c1cc(NC(=O)c2ccc(O)c(O)c2)cc(C)c1O. The van der Waals surface area contributed by atoms with Gasteiger partial charge in [0.25, 0.3) is 5.91 Å². The van der Waals surface area contributed by atoms with E-state index in [9.17, 15) is 20.1 Å². The van der Waals surface area contributed by atoms with Gasteiger partial charge in [0.1, 0.15) is 12.9 Å². The van der Waals surface area contributed by atoms with Gasteiger partial charge in [0.15, 0.2) is 11.5 Å². The molecule has 2 aromatic carbocycles. The van der Waals surface area contributed by atoms with E-state index in [0.717, 1.165) is 6.07 Å². The van der Waals surface area contributed by atoms with Gasteiger partial charge in [-0.2, -0.15) is 0 Å². The Bertz CT molecular complexity index is 704. The fourth-order valence-corrected chi connectivity index (χ4v) is 1.87. The Morgan fingerprint density at radius 1 is 1.14 bits per heavy atom. The second kappa shape index (κ2) is 5.83. The van der Waals surface area contributed by atoms with Crippen molar-refractivity contribution in [2.45, 2.75) is 6.92 Å². The number of aryl methyl sites for hydroxylation is 1. The van der Waals surface area contributed by atoms with Crippen molar-refractivity contribution in [1.82, 2.24) is 0 Å². The predicted octanol–water partition coefficient (Wildman–Crippen LogP) is 0.777. The van der Waals surface area contributed by atoms with Gasteiger partial charge in [-0.25, -0.2) is 0 Å². The van der Waals surface area contributed by atoms with Crippen LogP contribution in [-0.4, -0.2) is 36.1 Å². The van der Waals surface area contributed by atoms with E-state index in [1.54, 1.807) is 13.0 Å². The summed E-state index contributed by atoms with van der Waals surface area (Å²) in [5, 5.41) is 31.0. The predicted molar refractivity (Wildman–Crippen MR) is 81.7 cm³/mol. The topological polar surface area (TPSA) is 89.8 Å². The minimum atomic E-state index is -0.460. The summed E-state index contributed by atoms with van der Waals surface area (Å²) in [4.78, 5) is 12.1. The summed E-state index contributed by atoms with van der Waals surface area (Å²) in [7, 11) is 6.65. The molecule has 0 heterocycles. The average Bonchev–Trinajstić information content (AvgIpc) is 2.45. The summed E-state index contributed by atoms with van der Waals surface area (Å²) in [6, 6.07) is 6.90. The van der Waals surface area contributed by atoms with Gasteiger partial charge in [-0.15, -0.1) is 0 Å². The van der Waals surface area contributed by atoms with Crippen molar-refractivity contribution in [3.63, 3.8) is 0 Å². The van der Waals surface area contributed by atoms with Crippen molar-refractivity contribution in [3.8, 4) is 17.2 Å². The maximum absolute atomic E-state index is 12.1. The maximum Gasteiger partial charge on any atom is 0.255 e. The summed E-state index contributed by atoms with van der Waals surface area (Å²) in [6.07, 6.45) is 0. The van der Waals surface area contributed by atoms with Gasteiger partial charge in [0, 0.05) is 19.0 Å². The number of benzene rings is 2. The third kappa shape index (κ3) is 3.13. The summed E-state index contributed by atoms with van der Waals surface area (Å²) in [6.45, 7) is 1.68. The van der Waals surface area contributed by atoms with E-state index in [1.807, 2.05) is 0 Å². The summed E-state index contributed by atoms with van der Waals surface area (Å²) >= 11 is 0. The molecule has 103 valence electrons. The molecule has 0 spiro atoms. The number of carbonyl (C=O) groups is 1. The fourth-order valence-electron chi connectivity index (χ4n) is 1.87. The molecule has 5 nitrogen and oxygen atoms in total. The van der Waals surface area contributed by atoms with Crippen LogP contribution in [-0.2, 0) is 0 Å². The molecule has 0 atom stereocenters. The minimum Gasteiger partial charge on any atom is -0.508 e. The largest absolute Gasteiger partial charge is 0.508 e. The highest BCUT2D eigenvalue weighted by Crippen LogP contribution is 2.25. The molecule has 0 saturated heterocycles. The third-order valence-corrected chi connectivity index (χ3v) is 3.01. The lowest BCUT2D eigenvalue weighted by molar-refractivity contribution is 0.102. The van der Waals surface area contributed by atoms with Gasteiger partial charge in [-0.1, -0.05) is 5.46 Å². The van der Waals surface area contributed by atoms with Crippen LogP contribution in [0.25, 0.3) is 0 Å². The number of rotatable bonds is 3. The van der Waals surface area contributed by atoms with E-state index in [4.69, 9.17) is 7.74 Å². The second-order valence-corrected chi connectivity index (χ2v) is 4.56. The molecule has 0 aliphatic carbocycles. The smallest absolute Gasteiger partial charge is 0.255 e. The van der Waals surface area contributed by atoms with Crippen molar-refractivity contribution in [2.24, 2.45) is 0 Å². The van der Waals surface area contributed by atoms with Crippen molar-refractivity contribution < 1.29 is 20.1 Å². The van der Waals surface area contributed by atoms with Crippen molar-refractivity contribution in [2.75, 3.05) is 5.32 Å². The van der Waals surface area contributed by atoms with E-state index in [1.165, 1.54) is 25.4 Å². The summed E-state index contributed by atoms with van der Waals surface area (Å²) < 4.78 is 0. The van der Waals surface area contributed by atoms with Crippen LogP contribution in [0.1, 0.15) is 15.9 Å². The van der Waals surface area contributed by atoms with Crippen LogP contribution in [0, 0.1) is 6.92 Å². The number of phenols is 3. The molecule has 0 aliphatic heterocycles. The van der Waals surface area contributed by atoms with Crippen LogP contribution in [0.2, 0.25) is 0 Å². The molecule has 2 rings (SSSR count). The Hall–Kier alpha value is -2.56. The first-order valence-corrected chi connectivity index (χ1v) is 6.14. The number of nitrogens with one attached hydrogen (secondary N) is 1. The molecule has 7 heteroatoms. The molecule has 2 aromatic rings. The molecular weight excluding hydrogens is 268 g/mol. The number of hydrogen-bond donors (Lipinski definition) is 4. The van der Waals surface area contributed by atoms with Gasteiger partial charge >= 0.3 is 0 Å². The molecule has 3 radical (unpaired) electrons. The monoisotopic (exact) mass is 280 g/mol. The van der Waals surface area contributed by atoms with Crippen LogP contribution in [0.15, 0.2) is 30.3 Å². The Kier molecular flexibility index (Phi) is 4.12. The highest BCUT2D eigenvalue weighted by atomic mass is 16.3. The van der Waals surface area contributed by atoms with E-state index in [0.29, 0.717) is 16.7 Å². The highest BCUT2D eigenvalue weighted by molar-refractivity contribution is 6.98. The standard InChI is InChI=1S/C14H12B2NO4/c1-7-4-9(6-10(16-15)13(7)20)17-14(21)8-2-3-11(18)12(19)5-8/h2-6,18-20H,1H3,(H,17,21). The lowest BCUT2D eigenvalue weighted by atomic mass is 9.51. The van der Waals surface area contributed by atoms with Crippen molar-refractivity contribution in [1.29, 1.82) is 0 Å². The molecule has 1 amide bonds. The first-order valence-electron chi connectivity index (χ1n) is 6.14. The van der Waals surface area contributed by atoms with E-state index >= 15 is 0 Å². The molecule has 0 unspecified atom stereocenters. The number of carbonyl (C=O) groups excluding carboxylic acids is 1. The minimum absolute atomic E-state index is 0.0535. The van der Waals surface area contributed by atoms with E-state index < -0.39 is 5.91 Å². The van der Waals surface area contributed by atoms with E-state index in [-0.39, 0.29) is 22.8 Å². The Labute approximate surface area is 123 Å². The number of amides is 1. The van der Waals surface area contributed by atoms with Crippen LogP contribution in [0.4, 0.5) is 5.69 Å². The molecule has 4 N–H and O–H groups in total. The number of hydrogen-bond acceptors (Lipinski definition) is 4. The van der Waals surface area contributed by atoms with Crippen LogP contribution in [0.5, 0.6) is 17.2 Å². The molecule has 0 saturated carbocycles. The molecule has 21 heavy (non-hydrogen) atoms. The lowest BCUT2D eigenvalue weighted by Gasteiger charge is -2.11. The summed E-state index contributed by atoms with van der Waals surface area (Å²) in [5.74, 6) is -1.08. The first-order chi connectivity index (χ1) is 9.92. The first kappa shape index (κ1) is 14.8. The number of anilines is 1. The fraction of sp³-hybridized carbons (Fsp3) is 0.0714. The molecule has 0 aromatic heterocycles. The van der Waals surface area contributed by atoms with E-state index in [2.05, 4.69) is 5.32 Å². The average molecular weight is 280 g/mol. The van der Waals surface area contributed by atoms with Crippen molar-refractivity contribution >= 4 is 32.0 Å². The maximum atomic E-state index is 12.1. The van der Waals surface area contributed by atoms with Crippen LogP contribution in [0.3, 0.4) is 0 Å². The molecule has 0 aliphatic rings. The lowest BCUT2D eigenvalue weighted by Crippen LogP contribution is -2.18. The second-order valence-electron chi connectivity index (χ2n) is 4.56. The Morgan fingerprint density at radius 2 is 1.86 bits per heavy atom. The van der Waals surface area contributed by atoms with Gasteiger partial charge in [-0.3, -0.25) is 4.79 Å². The normalized spacial score (nSPS) is 10.1. The van der Waals surface area contributed by atoms with Gasteiger partial charge in [-0.05, 0) is 42.8 Å². The zero-order chi connectivity index (χ0) is 15.6. The molecule has 0 fully saturated rings. The molecule has 0 bridgehead atoms. The van der Waals surface area contributed by atoms with Crippen LogP contribution >= 0.6 is 0 Å². The van der Waals surface area contributed by atoms with Gasteiger partial charge < -0.3 is 20.6 Å². The Balaban J connectivity index is 2.27. The number of aromatic hydroxyl groups is 3. The number of phenolic OH excluding ortho intramolecular Hbond substituents is 3. The zero-order valence-corrected chi connectivity index (χ0v) is 11.3. The molecular formula is C14H12B2NO4. The quantitative estimate of drug-likeness (QED) is 0.380. The van der Waals surface area contributed by atoms with Gasteiger partial charge in [0.05, 0.1) is 0 Å². The highest BCUT2D eigenvalue weighted by Gasteiger charge is 2.11.